The normalized spacial score (nSPS) is 11.1. The monoisotopic (exact) mass is 463 g/mol. The molecule has 0 spiro atoms. The van der Waals surface area contributed by atoms with Crippen LogP contribution < -0.4 is 5.73 Å². The predicted molar refractivity (Wildman–Crippen MR) is 137 cm³/mol. The van der Waals surface area contributed by atoms with Gasteiger partial charge in [0.05, 0.1) is 12.1 Å². The first-order valence-electron chi connectivity index (χ1n) is 11.3. The van der Waals surface area contributed by atoms with Gasteiger partial charge in [-0.05, 0) is 64.5 Å². The molecular weight excluding hydrogens is 438 g/mol. The van der Waals surface area contributed by atoms with Crippen molar-refractivity contribution in [1.82, 2.24) is 19.9 Å². The zero-order valence-corrected chi connectivity index (χ0v) is 19.3. The largest absolute Gasteiger partial charge is 0.392 e. The highest BCUT2D eigenvalue weighted by atomic mass is 16.3. The molecule has 0 fully saturated rings. The van der Waals surface area contributed by atoms with Crippen LogP contribution in [0.1, 0.15) is 32.7 Å². The molecule has 0 unspecified atom stereocenters. The van der Waals surface area contributed by atoms with Crippen molar-refractivity contribution < 1.29 is 9.90 Å². The van der Waals surface area contributed by atoms with Gasteiger partial charge in [0, 0.05) is 60.6 Å². The molecule has 0 aliphatic carbocycles. The molecule has 1 amide bonds. The number of benzene rings is 2. The Hall–Kier alpha value is -4.36. The number of anilines is 1. The van der Waals surface area contributed by atoms with Crippen LogP contribution in [0, 0.1) is 0 Å². The van der Waals surface area contributed by atoms with E-state index < -0.39 is 0 Å². The molecule has 0 bridgehead atoms. The highest BCUT2D eigenvalue weighted by molar-refractivity contribution is 5.94. The van der Waals surface area contributed by atoms with Crippen LogP contribution in [0.5, 0.6) is 0 Å². The molecule has 0 saturated heterocycles. The van der Waals surface area contributed by atoms with E-state index in [0.717, 1.165) is 44.1 Å². The van der Waals surface area contributed by atoms with Gasteiger partial charge < -0.3 is 15.7 Å². The second-order valence-electron chi connectivity index (χ2n) is 8.65. The molecule has 5 rings (SSSR count). The Kier molecular flexibility index (Phi) is 6.08. The Labute approximate surface area is 202 Å². The highest BCUT2D eigenvalue weighted by Crippen LogP contribution is 2.22. The van der Waals surface area contributed by atoms with E-state index in [0.29, 0.717) is 24.3 Å². The minimum atomic E-state index is -0.0710. The number of nitrogens with zero attached hydrogens (tertiary/aromatic N) is 4. The number of nitrogens with two attached hydrogens (primary N) is 1. The van der Waals surface area contributed by atoms with E-state index >= 15 is 0 Å². The Bertz CT molecular complexity index is 1550. The number of aliphatic hydroxyl groups is 1. The molecule has 0 aliphatic rings. The van der Waals surface area contributed by atoms with Crippen LogP contribution in [0.2, 0.25) is 0 Å². The number of hydrogen-bond donors (Lipinski definition) is 2. The molecule has 3 aromatic heterocycles. The number of carbonyl (C=O) groups excluding carboxylic acids is 1. The zero-order valence-electron chi connectivity index (χ0n) is 19.3. The summed E-state index contributed by atoms with van der Waals surface area (Å²) in [6, 6.07) is 19.4. The highest BCUT2D eigenvalue weighted by Gasteiger charge is 2.14. The number of fused-ring (bicyclic) bond motifs is 2. The van der Waals surface area contributed by atoms with Crippen molar-refractivity contribution in [2.24, 2.45) is 0 Å². The third-order valence-corrected chi connectivity index (χ3v) is 6.06. The summed E-state index contributed by atoms with van der Waals surface area (Å²) in [5.74, 6) is 0.428. The molecule has 0 radical (unpaired) electrons. The molecule has 3 N–H and O–H groups in total. The minimum absolute atomic E-state index is 0.0448. The molecule has 0 saturated carbocycles. The lowest BCUT2D eigenvalue weighted by Gasteiger charge is -2.18. The number of carbonyl (C=O) groups is 1. The summed E-state index contributed by atoms with van der Waals surface area (Å²) in [6.45, 7) is 0.427. The van der Waals surface area contributed by atoms with Gasteiger partial charge in [-0.25, -0.2) is 4.98 Å². The van der Waals surface area contributed by atoms with Gasteiger partial charge in [-0.15, -0.1) is 0 Å². The fraction of sp³-hybridized carbons (Fsp3) is 0.143. The van der Waals surface area contributed by atoms with Gasteiger partial charge in [-0.3, -0.25) is 14.8 Å². The summed E-state index contributed by atoms with van der Waals surface area (Å²) in [5.41, 5.74) is 11.1. The third-order valence-electron chi connectivity index (χ3n) is 6.06. The summed E-state index contributed by atoms with van der Waals surface area (Å²) < 4.78 is 0. The van der Waals surface area contributed by atoms with Gasteiger partial charge in [-0.2, -0.15) is 0 Å². The number of rotatable bonds is 6. The number of pyridine rings is 3. The van der Waals surface area contributed by atoms with Crippen LogP contribution in [0.15, 0.2) is 79.3 Å². The minimum Gasteiger partial charge on any atom is -0.392 e. The first-order chi connectivity index (χ1) is 17.0. The second kappa shape index (κ2) is 9.48. The molecule has 7 nitrogen and oxygen atoms in total. The van der Waals surface area contributed by atoms with Crippen LogP contribution in [-0.2, 0) is 19.6 Å². The van der Waals surface area contributed by atoms with E-state index in [2.05, 4.69) is 15.0 Å². The Morgan fingerprint density at radius 3 is 2.51 bits per heavy atom. The van der Waals surface area contributed by atoms with Gasteiger partial charge in [0.15, 0.2) is 0 Å². The first kappa shape index (κ1) is 22.4. The number of aromatic nitrogens is 3. The number of amides is 1. The van der Waals surface area contributed by atoms with Crippen LogP contribution in [-0.4, -0.2) is 37.9 Å². The number of hydrogen-bond acceptors (Lipinski definition) is 6. The number of aliphatic hydroxyl groups excluding tert-OH is 1. The van der Waals surface area contributed by atoms with E-state index in [9.17, 15) is 9.90 Å². The van der Waals surface area contributed by atoms with Crippen LogP contribution in [0.4, 0.5) is 5.82 Å². The maximum absolute atomic E-state index is 13.2. The first-order valence-corrected chi connectivity index (χ1v) is 11.3. The second-order valence-corrected chi connectivity index (χ2v) is 8.65. The van der Waals surface area contributed by atoms with Crippen molar-refractivity contribution in [3.05, 3.63) is 107 Å². The van der Waals surface area contributed by atoms with Crippen molar-refractivity contribution in [2.75, 3.05) is 12.8 Å². The van der Waals surface area contributed by atoms with Crippen molar-refractivity contribution in [2.45, 2.75) is 19.6 Å². The maximum Gasteiger partial charge on any atom is 0.254 e. The predicted octanol–water partition coefficient (Wildman–Crippen LogP) is 4.12. The zero-order chi connectivity index (χ0) is 24.4. The van der Waals surface area contributed by atoms with Crippen LogP contribution in [0.25, 0.3) is 21.7 Å². The van der Waals surface area contributed by atoms with Gasteiger partial charge >= 0.3 is 0 Å². The molecule has 35 heavy (non-hydrogen) atoms. The average molecular weight is 464 g/mol. The van der Waals surface area contributed by atoms with Crippen LogP contribution >= 0.6 is 0 Å². The molecule has 174 valence electrons. The molecule has 5 aromatic rings. The summed E-state index contributed by atoms with van der Waals surface area (Å²) in [7, 11) is 1.79. The topological polar surface area (TPSA) is 105 Å². The van der Waals surface area contributed by atoms with Crippen molar-refractivity contribution in [3.8, 4) is 0 Å². The van der Waals surface area contributed by atoms with Crippen molar-refractivity contribution in [1.29, 1.82) is 0 Å². The Morgan fingerprint density at radius 2 is 1.66 bits per heavy atom. The summed E-state index contributed by atoms with van der Waals surface area (Å²) in [5, 5.41) is 12.3. The van der Waals surface area contributed by atoms with E-state index in [1.165, 1.54) is 0 Å². The van der Waals surface area contributed by atoms with Crippen molar-refractivity contribution >= 4 is 33.4 Å². The lowest BCUT2D eigenvalue weighted by atomic mass is 10.0. The van der Waals surface area contributed by atoms with Gasteiger partial charge in [0.1, 0.15) is 5.82 Å². The molecule has 2 aromatic carbocycles. The SMILES string of the molecule is CN(Cc1ccc2c(N)nccc2c1)C(=O)c1ccnc(Cc2ccc3ncc(CO)cc3c2)c1. The van der Waals surface area contributed by atoms with E-state index in [1.54, 1.807) is 36.6 Å². The Morgan fingerprint density at radius 1 is 0.886 bits per heavy atom. The fourth-order valence-electron chi connectivity index (χ4n) is 4.26. The maximum atomic E-state index is 13.2. The average Bonchev–Trinajstić information content (AvgIpc) is 2.88. The summed E-state index contributed by atoms with van der Waals surface area (Å²) in [6.07, 6.45) is 5.63. The summed E-state index contributed by atoms with van der Waals surface area (Å²) >= 11 is 0. The van der Waals surface area contributed by atoms with E-state index in [4.69, 9.17) is 5.73 Å². The lowest BCUT2D eigenvalue weighted by Crippen LogP contribution is -2.26. The quantitative estimate of drug-likeness (QED) is 0.393. The molecule has 7 heteroatoms. The van der Waals surface area contributed by atoms with Gasteiger partial charge in [0.2, 0.25) is 0 Å². The smallest absolute Gasteiger partial charge is 0.254 e. The van der Waals surface area contributed by atoms with Gasteiger partial charge in [0.25, 0.3) is 5.91 Å². The third kappa shape index (κ3) is 4.81. The fourth-order valence-corrected chi connectivity index (χ4v) is 4.26. The molecule has 3 heterocycles. The van der Waals surface area contributed by atoms with Gasteiger partial charge in [-0.1, -0.05) is 18.2 Å². The van der Waals surface area contributed by atoms with E-state index in [1.807, 2.05) is 54.6 Å². The molecule has 0 atom stereocenters. The molecular formula is C28H25N5O2. The standard InChI is InChI=1S/C28H25N5O2/c1-33(16-19-2-4-25-21(11-19)6-9-31-27(25)29)28(35)22-7-8-30-24(14-22)13-18-3-5-26-23(10-18)12-20(17-34)15-32-26/h2-12,14-15,34H,13,16-17H2,1H3,(H2,29,31). The van der Waals surface area contributed by atoms with Crippen LogP contribution in [0.3, 0.4) is 0 Å². The Balaban J connectivity index is 1.32. The number of nitrogen functional groups attached to an aromatic ring is 1. The molecule has 0 aliphatic heterocycles. The van der Waals surface area contributed by atoms with Crippen molar-refractivity contribution in [3.63, 3.8) is 0 Å². The lowest BCUT2D eigenvalue weighted by molar-refractivity contribution is 0.0785. The summed E-state index contributed by atoms with van der Waals surface area (Å²) in [4.78, 5) is 27.8. The van der Waals surface area contributed by atoms with E-state index in [-0.39, 0.29) is 12.5 Å².